The molecule has 0 saturated heterocycles. The number of carbonyl (C=O) groups is 1. The normalized spacial score (nSPS) is 6.67. The molecule has 1 rings (SSSR count). The molecule has 55 valence electrons. The smallest absolute Gasteiger partial charge is 0.150 e. The Kier molecular flexibility index (Phi) is 18.1. The zero-order chi connectivity index (χ0) is 6.69. The van der Waals surface area contributed by atoms with Crippen molar-refractivity contribution in [1.29, 1.82) is 0 Å². The number of aromatic hydroxyl groups is 1. The molecule has 1 aromatic rings. The number of phenols is 1. The van der Waals surface area contributed by atoms with Crippen molar-refractivity contribution in [3.05, 3.63) is 29.8 Å². The third-order valence-corrected chi connectivity index (χ3v) is 1.01. The molecule has 0 heterocycles. The Morgan fingerprint density at radius 1 is 1.17 bits per heavy atom. The van der Waals surface area contributed by atoms with Crippen LogP contribution in [0.1, 0.15) is 10.4 Å². The van der Waals surface area contributed by atoms with E-state index in [-0.39, 0.29) is 104 Å². The van der Waals surface area contributed by atoms with Crippen molar-refractivity contribution >= 4 is 6.29 Å². The van der Waals surface area contributed by atoms with Crippen LogP contribution in [0.15, 0.2) is 24.3 Å². The maximum absolute atomic E-state index is 10.0. The molecule has 0 unspecified atom stereocenters. The first kappa shape index (κ1) is 19.6. The Morgan fingerprint density at radius 3 is 2.08 bits per heavy atom. The molecule has 3 radical (unpaired) electrons. The molecule has 1 N–H and O–H groups in total. The van der Waals surface area contributed by atoms with Crippen molar-refractivity contribution in [3.63, 3.8) is 0 Å². The fraction of sp³-hybridized carbons (Fsp3) is 0. The molecular formula is C7H6O2Y3. The predicted octanol–water partition coefficient (Wildman–Crippen LogP) is 1.20. The van der Waals surface area contributed by atoms with Gasteiger partial charge in [-0.3, -0.25) is 4.79 Å². The summed E-state index contributed by atoms with van der Waals surface area (Å²) in [5, 5.41) is 8.79. The topological polar surface area (TPSA) is 37.3 Å². The van der Waals surface area contributed by atoms with Crippen LogP contribution in [0, 0.1) is 0 Å². The van der Waals surface area contributed by atoms with Crippen molar-refractivity contribution in [2.45, 2.75) is 0 Å². The van der Waals surface area contributed by atoms with E-state index >= 15 is 0 Å². The number of benzene rings is 1. The maximum atomic E-state index is 10.0. The van der Waals surface area contributed by atoms with Gasteiger partial charge in [0, 0.05) is 104 Å². The van der Waals surface area contributed by atoms with Gasteiger partial charge in [0.15, 0.2) is 0 Å². The summed E-state index contributed by atoms with van der Waals surface area (Å²) in [7, 11) is 0. The first-order valence-corrected chi connectivity index (χ1v) is 2.57. The van der Waals surface area contributed by atoms with E-state index in [0.717, 1.165) is 0 Å². The van der Waals surface area contributed by atoms with Gasteiger partial charge in [0.05, 0.1) is 0 Å². The number of carbonyl (C=O) groups excluding carboxylic acids is 1. The average Bonchev–Trinajstić information content (AvgIpc) is 1.88. The van der Waals surface area contributed by atoms with Gasteiger partial charge in [0.25, 0.3) is 0 Å². The predicted molar refractivity (Wildman–Crippen MR) is 33.5 cm³/mol. The van der Waals surface area contributed by atoms with Crippen LogP contribution in [-0.2, 0) is 98.1 Å². The summed E-state index contributed by atoms with van der Waals surface area (Å²) in [5.74, 6) is 0.125. The molecule has 0 fully saturated rings. The Bertz CT molecular complexity index is 228. The molecule has 0 saturated carbocycles. The molecule has 12 heavy (non-hydrogen) atoms. The van der Waals surface area contributed by atoms with Gasteiger partial charge < -0.3 is 5.11 Å². The third-order valence-electron chi connectivity index (χ3n) is 1.01. The van der Waals surface area contributed by atoms with Crippen molar-refractivity contribution in [2.24, 2.45) is 0 Å². The standard InChI is InChI=1S/C7H6O2.3Y/c8-5-6-2-1-3-7(9)4-6;;;/h1-5,9H;;;. The largest absolute Gasteiger partial charge is 0.508 e. The molecule has 0 aliphatic rings. The van der Waals surface area contributed by atoms with Gasteiger partial charge in [-0.05, 0) is 12.1 Å². The number of aldehydes is 1. The Hall–Kier alpha value is 2.00. The van der Waals surface area contributed by atoms with Crippen molar-refractivity contribution in [3.8, 4) is 5.75 Å². The van der Waals surface area contributed by atoms with E-state index in [1.165, 1.54) is 12.1 Å². The van der Waals surface area contributed by atoms with Crippen LogP contribution < -0.4 is 0 Å². The Morgan fingerprint density at radius 2 is 1.75 bits per heavy atom. The number of rotatable bonds is 1. The van der Waals surface area contributed by atoms with E-state index < -0.39 is 0 Å². The summed E-state index contributed by atoms with van der Waals surface area (Å²) in [6.07, 6.45) is 0.694. The molecular weight excluding hydrogens is 383 g/mol. The summed E-state index contributed by atoms with van der Waals surface area (Å²) >= 11 is 0. The summed E-state index contributed by atoms with van der Waals surface area (Å²) < 4.78 is 0. The maximum Gasteiger partial charge on any atom is 0.150 e. The third kappa shape index (κ3) is 7.41. The minimum Gasteiger partial charge on any atom is -0.508 e. The molecule has 1 aromatic carbocycles. The van der Waals surface area contributed by atoms with Crippen LogP contribution in [0.2, 0.25) is 0 Å². The molecule has 0 spiro atoms. The van der Waals surface area contributed by atoms with Crippen molar-refractivity contribution in [1.82, 2.24) is 0 Å². The molecule has 0 aliphatic carbocycles. The summed E-state index contributed by atoms with van der Waals surface area (Å²) in [6, 6.07) is 6.19. The Balaban J connectivity index is -0.000000270. The Labute approximate surface area is 147 Å². The van der Waals surface area contributed by atoms with Crippen LogP contribution in [0.4, 0.5) is 0 Å². The van der Waals surface area contributed by atoms with Crippen molar-refractivity contribution in [2.75, 3.05) is 0 Å². The van der Waals surface area contributed by atoms with E-state index in [1.54, 1.807) is 12.1 Å². The fourth-order valence-electron chi connectivity index (χ4n) is 0.598. The van der Waals surface area contributed by atoms with Gasteiger partial charge >= 0.3 is 0 Å². The molecule has 5 heteroatoms. The van der Waals surface area contributed by atoms with Crippen LogP contribution >= 0.6 is 0 Å². The second-order valence-electron chi connectivity index (χ2n) is 1.71. The van der Waals surface area contributed by atoms with Gasteiger partial charge in [0.2, 0.25) is 0 Å². The van der Waals surface area contributed by atoms with Crippen molar-refractivity contribution < 1.29 is 108 Å². The first-order chi connectivity index (χ1) is 4.33. The van der Waals surface area contributed by atoms with Crippen LogP contribution in [0.5, 0.6) is 5.75 Å². The van der Waals surface area contributed by atoms with Gasteiger partial charge in [-0.15, -0.1) is 0 Å². The first-order valence-electron chi connectivity index (χ1n) is 2.57. The minimum atomic E-state index is 0. The summed E-state index contributed by atoms with van der Waals surface area (Å²) in [5.41, 5.74) is 0.495. The molecule has 2 nitrogen and oxygen atoms in total. The molecule has 0 aromatic heterocycles. The minimum absolute atomic E-state index is 0. The monoisotopic (exact) mass is 389 g/mol. The fourth-order valence-corrected chi connectivity index (χ4v) is 0.598. The number of hydrogen-bond donors (Lipinski definition) is 1. The van der Waals surface area contributed by atoms with E-state index in [0.29, 0.717) is 11.8 Å². The second-order valence-corrected chi connectivity index (χ2v) is 1.71. The SMILES string of the molecule is O=Cc1cccc(O)c1.[Y].[Y].[Y]. The van der Waals surface area contributed by atoms with Crippen LogP contribution in [0.3, 0.4) is 0 Å². The van der Waals surface area contributed by atoms with Gasteiger partial charge in [0.1, 0.15) is 12.0 Å². The summed E-state index contributed by atoms with van der Waals surface area (Å²) in [6.45, 7) is 0. The van der Waals surface area contributed by atoms with Gasteiger partial charge in [-0.1, -0.05) is 12.1 Å². The summed E-state index contributed by atoms with van der Waals surface area (Å²) in [4.78, 5) is 10.0. The molecule has 0 atom stereocenters. The zero-order valence-corrected chi connectivity index (χ0v) is 15.0. The van der Waals surface area contributed by atoms with Gasteiger partial charge in [-0.25, -0.2) is 0 Å². The van der Waals surface area contributed by atoms with E-state index in [9.17, 15) is 4.79 Å². The average molecular weight is 389 g/mol. The number of phenolic OH excluding ortho intramolecular Hbond substituents is 1. The van der Waals surface area contributed by atoms with E-state index in [2.05, 4.69) is 0 Å². The second kappa shape index (κ2) is 11.1. The molecule has 0 aliphatic heterocycles. The molecule has 0 amide bonds. The van der Waals surface area contributed by atoms with Crippen LogP contribution in [0.25, 0.3) is 0 Å². The molecule has 0 bridgehead atoms. The van der Waals surface area contributed by atoms with Crippen LogP contribution in [-0.4, -0.2) is 11.4 Å². The number of hydrogen-bond acceptors (Lipinski definition) is 2. The van der Waals surface area contributed by atoms with Gasteiger partial charge in [-0.2, -0.15) is 0 Å². The quantitative estimate of drug-likeness (QED) is 0.734. The van der Waals surface area contributed by atoms with E-state index in [1.807, 2.05) is 0 Å². The van der Waals surface area contributed by atoms with E-state index in [4.69, 9.17) is 5.11 Å². The zero-order valence-electron chi connectivity index (χ0n) is 6.47.